The lowest BCUT2D eigenvalue weighted by Crippen LogP contribution is -2.30. The molecule has 2 rings (SSSR count). The maximum Gasteiger partial charge on any atom is 0.228 e. The van der Waals surface area contributed by atoms with Crippen molar-refractivity contribution < 1.29 is 4.52 Å². The Morgan fingerprint density at radius 3 is 2.80 bits per heavy atom. The number of hydrogen-bond acceptors (Lipinski definition) is 4. The van der Waals surface area contributed by atoms with E-state index in [0.717, 1.165) is 18.7 Å². The third kappa shape index (κ3) is 2.56. The molecule has 0 radical (unpaired) electrons. The number of rotatable bonds is 4. The highest BCUT2D eigenvalue weighted by molar-refractivity contribution is 4.91. The molecule has 4 nitrogen and oxygen atoms in total. The molecule has 4 heteroatoms. The molecule has 84 valence electrons. The number of nitrogens with two attached hydrogens (primary N) is 1. The molecule has 1 unspecified atom stereocenters. The van der Waals surface area contributed by atoms with Crippen LogP contribution in [0.2, 0.25) is 0 Å². The van der Waals surface area contributed by atoms with Crippen LogP contribution >= 0.6 is 0 Å². The van der Waals surface area contributed by atoms with Crippen LogP contribution in [0.5, 0.6) is 0 Å². The highest BCUT2D eigenvalue weighted by atomic mass is 16.5. The van der Waals surface area contributed by atoms with Gasteiger partial charge in [-0.15, -0.1) is 0 Å². The molecular formula is C11H19N3O. The summed E-state index contributed by atoms with van der Waals surface area (Å²) in [7, 11) is 0. The van der Waals surface area contributed by atoms with Crippen LogP contribution in [0.3, 0.4) is 0 Å². The highest BCUT2D eigenvalue weighted by Gasteiger charge is 2.23. The van der Waals surface area contributed by atoms with Gasteiger partial charge in [-0.25, -0.2) is 0 Å². The Balaban J connectivity index is 1.89. The van der Waals surface area contributed by atoms with Crippen molar-refractivity contribution >= 4 is 0 Å². The van der Waals surface area contributed by atoms with E-state index in [0.29, 0.717) is 11.8 Å². The minimum Gasteiger partial charge on any atom is -0.339 e. The number of aryl methyl sites for hydroxylation is 1. The minimum atomic E-state index is 0.192. The van der Waals surface area contributed by atoms with Gasteiger partial charge >= 0.3 is 0 Å². The summed E-state index contributed by atoms with van der Waals surface area (Å²) in [5.41, 5.74) is 6.13. The summed E-state index contributed by atoms with van der Waals surface area (Å²) in [5, 5.41) is 3.87. The van der Waals surface area contributed by atoms with Gasteiger partial charge in [-0.1, -0.05) is 24.9 Å². The maximum absolute atomic E-state index is 6.13. The first-order valence-electron chi connectivity index (χ1n) is 5.86. The summed E-state index contributed by atoms with van der Waals surface area (Å²) in [6.45, 7) is 2.02. The van der Waals surface area contributed by atoms with Crippen LogP contribution in [0, 0.1) is 5.92 Å². The SMILES string of the molecule is CCc1noc(CC(N)C2CCCC2)n1. The van der Waals surface area contributed by atoms with Gasteiger partial charge in [0.05, 0.1) is 0 Å². The van der Waals surface area contributed by atoms with Gasteiger partial charge in [-0.2, -0.15) is 4.98 Å². The highest BCUT2D eigenvalue weighted by Crippen LogP contribution is 2.27. The smallest absolute Gasteiger partial charge is 0.228 e. The molecule has 15 heavy (non-hydrogen) atoms. The molecule has 1 saturated carbocycles. The van der Waals surface area contributed by atoms with Gasteiger partial charge in [-0.05, 0) is 18.8 Å². The van der Waals surface area contributed by atoms with Crippen LogP contribution in [-0.4, -0.2) is 16.2 Å². The topological polar surface area (TPSA) is 64.9 Å². The molecule has 1 heterocycles. The molecule has 0 bridgehead atoms. The van der Waals surface area contributed by atoms with E-state index in [4.69, 9.17) is 10.3 Å². The molecule has 1 fully saturated rings. The second kappa shape index (κ2) is 4.75. The summed E-state index contributed by atoms with van der Waals surface area (Å²) >= 11 is 0. The first-order valence-corrected chi connectivity index (χ1v) is 5.86. The molecule has 1 aromatic heterocycles. The summed E-state index contributed by atoms with van der Waals surface area (Å²) in [6.07, 6.45) is 6.72. The minimum absolute atomic E-state index is 0.192. The fraction of sp³-hybridized carbons (Fsp3) is 0.818. The lowest BCUT2D eigenvalue weighted by Gasteiger charge is -2.16. The van der Waals surface area contributed by atoms with Crippen LogP contribution in [0.4, 0.5) is 0 Å². The van der Waals surface area contributed by atoms with Crippen LogP contribution in [0.25, 0.3) is 0 Å². The van der Waals surface area contributed by atoms with Crippen LogP contribution in [0.15, 0.2) is 4.52 Å². The molecule has 1 aliphatic rings. The molecule has 0 amide bonds. The van der Waals surface area contributed by atoms with E-state index in [9.17, 15) is 0 Å². The molecule has 1 atom stereocenters. The first-order chi connectivity index (χ1) is 7.29. The van der Waals surface area contributed by atoms with Crippen molar-refractivity contribution in [2.45, 2.75) is 51.5 Å². The van der Waals surface area contributed by atoms with Crippen molar-refractivity contribution in [1.29, 1.82) is 0 Å². The summed E-state index contributed by atoms with van der Waals surface area (Å²) in [4.78, 5) is 4.28. The molecular weight excluding hydrogens is 190 g/mol. The van der Waals surface area contributed by atoms with E-state index in [2.05, 4.69) is 10.1 Å². The van der Waals surface area contributed by atoms with Crippen LogP contribution in [-0.2, 0) is 12.8 Å². The van der Waals surface area contributed by atoms with Gasteiger partial charge in [0.2, 0.25) is 5.89 Å². The standard InChI is InChI=1S/C11H19N3O/c1-2-10-13-11(15-14-10)7-9(12)8-5-3-4-6-8/h8-9H,2-7,12H2,1H3. The van der Waals surface area contributed by atoms with Crippen molar-refractivity contribution in [3.8, 4) is 0 Å². The van der Waals surface area contributed by atoms with Gasteiger partial charge in [0.25, 0.3) is 0 Å². The Morgan fingerprint density at radius 1 is 1.47 bits per heavy atom. The Labute approximate surface area is 90.2 Å². The van der Waals surface area contributed by atoms with Crippen molar-refractivity contribution in [1.82, 2.24) is 10.1 Å². The second-order valence-electron chi connectivity index (χ2n) is 4.37. The summed E-state index contributed by atoms with van der Waals surface area (Å²) in [5.74, 6) is 2.14. The van der Waals surface area contributed by atoms with E-state index < -0.39 is 0 Å². The van der Waals surface area contributed by atoms with Gasteiger partial charge in [-0.3, -0.25) is 0 Å². The van der Waals surface area contributed by atoms with E-state index >= 15 is 0 Å². The van der Waals surface area contributed by atoms with Crippen molar-refractivity contribution in [2.24, 2.45) is 11.7 Å². The zero-order chi connectivity index (χ0) is 10.7. The van der Waals surface area contributed by atoms with Crippen molar-refractivity contribution in [3.05, 3.63) is 11.7 Å². The van der Waals surface area contributed by atoms with Gasteiger partial charge in [0.15, 0.2) is 5.82 Å². The van der Waals surface area contributed by atoms with Gasteiger partial charge < -0.3 is 10.3 Å². The first kappa shape index (κ1) is 10.6. The quantitative estimate of drug-likeness (QED) is 0.819. The van der Waals surface area contributed by atoms with Gasteiger partial charge in [0.1, 0.15) is 0 Å². The normalized spacial score (nSPS) is 19.6. The molecule has 0 aliphatic heterocycles. The van der Waals surface area contributed by atoms with Crippen LogP contribution < -0.4 is 5.73 Å². The Bertz CT molecular complexity index is 305. The predicted molar refractivity (Wildman–Crippen MR) is 57.3 cm³/mol. The average Bonchev–Trinajstić information content (AvgIpc) is 2.87. The molecule has 1 aromatic rings. The lowest BCUT2D eigenvalue weighted by molar-refractivity contribution is 0.338. The molecule has 0 saturated heterocycles. The number of nitrogens with zero attached hydrogens (tertiary/aromatic N) is 2. The predicted octanol–water partition coefficient (Wildman–Crippen LogP) is 1.69. The van der Waals surface area contributed by atoms with E-state index in [1.165, 1.54) is 25.7 Å². The zero-order valence-electron chi connectivity index (χ0n) is 9.28. The molecule has 2 N–H and O–H groups in total. The second-order valence-corrected chi connectivity index (χ2v) is 4.37. The number of hydrogen-bond donors (Lipinski definition) is 1. The fourth-order valence-electron chi connectivity index (χ4n) is 2.27. The monoisotopic (exact) mass is 209 g/mol. The van der Waals surface area contributed by atoms with E-state index in [1.807, 2.05) is 6.92 Å². The Hall–Kier alpha value is -0.900. The third-order valence-electron chi connectivity index (χ3n) is 3.24. The molecule has 0 spiro atoms. The summed E-state index contributed by atoms with van der Waals surface area (Å²) < 4.78 is 5.14. The van der Waals surface area contributed by atoms with E-state index in [1.54, 1.807) is 0 Å². The molecule has 0 aromatic carbocycles. The van der Waals surface area contributed by atoms with Gasteiger partial charge in [0, 0.05) is 18.9 Å². The fourth-order valence-corrected chi connectivity index (χ4v) is 2.27. The average molecular weight is 209 g/mol. The van der Waals surface area contributed by atoms with E-state index in [-0.39, 0.29) is 6.04 Å². The third-order valence-corrected chi connectivity index (χ3v) is 3.24. The Kier molecular flexibility index (Phi) is 3.36. The lowest BCUT2D eigenvalue weighted by atomic mass is 9.96. The maximum atomic E-state index is 6.13. The largest absolute Gasteiger partial charge is 0.339 e. The zero-order valence-corrected chi connectivity index (χ0v) is 9.28. The van der Waals surface area contributed by atoms with Crippen molar-refractivity contribution in [3.63, 3.8) is 0 Å². The van der Waals surface area contributed by atoms with Crippen LogP contribution in [0.1, 0.15) is 44.3 Å². The molecule has 1 aliphatic carbocycles. The number of aromatic nitrogens is 2. The summed E-state index contributed by atoms with van der Waals surface area (Å²) in [6, 6.07) is 0.192. The van der Waals surface area contributed by atoms with Crippen molar-refractivity contribution in [2.75, 3.05) is 0 Å². The Morgan fingerprint density at radius 2 is 2.20 bits per heavy atom.